The van der Waals surface area contributed by atoms with E-state index in [2.05, 4.69) is 20.8 Å². The fourth-order valence-corrected chi connectivity index (χ4v) is 5.41. The number of hydrogen-bond acceptors (Lipinski definition) is 4. The topological polar surface area (TPSA) is 71.8 Å². The Balaban J connectivity index is 1.49. The first-order chi connectivity index (χ1) is 19.9. The Morgan fingerprint density at radius 2 is 1.66 bits per heavy atom. The number of urea groups is 1. The van der Waals surface area contributed by atoms with Gasteiger partial charge in [0.15, 0.2) is 11.0 Å². The molecule has 0 saturated heterocycles. The highest BCUT2D eigenvalue weighted by Gasteiger charge is 2.25. The number of rotatable bonds is 9. The highest BCUT2D eigenvalue weighted by atomic mass is 35.5. The van der Waals surface area contributed by atoms with Gasteiger partial charge in [0.25, 0.3) is 0 Å². The van der Waals surface area contributed by atoms with Crippen LogP contribution in [0.1, 0.15) is 34.1 Å². The van der Waals surface area contributed by atoms with Crippen molar-refractivity contribution in [2.24, 2.45) is 0 Å². The highest BCUT2D eigenvalue weighted by molar-refractivity contribution is 7.98. The lowest BCUT2D eigenvalue weighted by Crippen LogP contribution is -2.35. The summed E-state index contributed by atoms with van der Waals surface area (Å²) in [6.07, 6.45) is 0.496. The Morgan fingerprint density at radius 3 is 2.37 bits per heavy atom. The van der Waals surface area contributed by atoms with Crippen molar-refractivity contribution < 1.29 is 9.18 Å². The van der Waals surface area contributed by atoms with Gasteiger partial charge in [0.1, 0.15) is 5.82 Å². The summed E-state index contributed by atoms with van der Waals surface area (Å²) in [6, 6.07) is 28.9. The van der Waals surface area contributed by atoms with Crippen molar-refractivity contribution >= 4 is 35.1 Å². The van der Waals surface area contributed by atoms with Gasteiger partial charge < -0.3 is 10.6 Å². The molecule has 4 aromatic carbocycles. The molecule has 41 heavy (non-hydrogen) atoms. The molecule has 208 valence electrons. The smallest absolute Gasteiger partial charge is 0.319 e. The lowest BCUT2D eigenvalue weighted by molar-refractivity contribution is 0.247. The van der Waals surface area contributed by atoms with E-state index < -0.39 is 6.04 Å². The lowest BCUT2D eigenvalue weighted by Gasteiger charge is -2.21. The van der Waals surface area contributed by atoms with Crippen LogP contribution in [0.2, 0.25) is 5.02 Å². The summed E-state index contributed by atoms with van der Waals surface area (Å²) in [7, 11) is 0. The molecular weight excluding hydrogens is 557 g/mol. The molecular formula is C32H29ClFN5OS. The number of amides is 2. The molecule has 0 saturated carbocycles. The van der Waals surface area contributed by atoms with Crippen molar-refractivity contribution in [1.29, 1.82) is 0 Å². The highest BCUT2D eigenvalue weighted by Crippen LogP contribution is 2.29. The predicted molar refractivity (Wildman–Crippen MR) is 163 cm³/mol. The van der Waals surface area contributed by atoms with Gasteiger partial charge in [-0.2, -0.15) is 0 Å². The minimum atomic E-state index is -0.507. The lowest BCUT2D eigenvalue weighted by atomic mass is 10.1. The minimum Gasteiger partial charge on any atom is -0.327 e. The Hall–Kier alpha value is -4.14. The van der Waals surface area contributed by atoms with E-state index in [0.29, 0.717) is 33.9 Å². The number of nitrogens with one attached hydrogen (secondary N) is 2. The van der Waals surface area contributed by atoms with E-state index in [4.69, 9.17) is 11.6 Å². The summed E-state index contributed by atoms with van der Waals surface area (Å²) in [4.78, 5) is 13.3. The van der Waals surface area contributed by atoms with Crippen LogP contribution in [0.25, 0.3) is 5.69 Å². The van der Waals surface area contributed by atoms with Gasteiger partial charge in [0, 0.05) is 28.6 Å². The molecule has 0 aliphatic heterocycles. The summed E-state index contributed by atoms with van der Waals surface area (Å²) in [5, 5.41) is 16.4. The third-order valence-electron chi connectivity index (χ3n) is 6.56. The van der Waals surface area contributed by atoms with E-state index in [9.17, 15) is 9.18 Å². The summed E-state index contributed by atoms with van der Waals surface area (Å²) < 4.78 is 15.4. The van der Waals surface area contributed by atoms with E-state index in [-0.39, 0.29) is 11.8 Å². The van der Waals surface area contributed by atoms with Crippen LogP contribution in [0.4, 0.5) is 14.9 Å². The van der Waals surface area contributed by atoms with E-state index in [0.717, 1.165) is 27.9 Å². The van der Waals surface area contributed by atoms with Crippen molar-refractivity contribution in [2.45, 2.75) is 37.2 Å². The molecule has 0 spiro atoms. The number of anilines is 1. The first-order valence-electron chi connectivity index (χ1n) is 13.1. The Labute approximate surface area is 248 Å². The van der Waals surface area contributed by atoms with Crippen LogP contribution in [-0.4, -0.2) is 20.8 Å². The van der Waals surface area contributed by atoms with Crippen LogP contribution in [0.5, 0.6) is 0 Å². The molecule has 0 unspecified atom stereocenters. The number of carbonyl (C=O) groups is 1. The van der Waals surface area contributed by atoms with Gasteiger partial charge in [0.2, 0.25) is 0 Å². The SMILES string of the molecule is Cc1ccc(-n2c(SCc3ccc(F)cc3)nnc2[C@@H](Cc2ccccc2)NC(=O)Nc2ccc(C)c(Cl)c2)cc1. The Bertz CT molecular complexity index is 1630. The predicted octanol–water partition coefficient (Wildman–Crippen LogP) is 8.07. The molecule has 6 nitrogen and oxygen atoms in total. The Kier molecular flexibility index (Phi) is 9.01. The first-order valence-corrected chi connectivity index (χ1v) is 14.5. The van der Waals surface area contributed by atoms with Crippen molar-refractivity contribution in [3.05, 3.63) is 136 Å². The van der Waals surface area contributed by atoms with E-state index >= 15 is 0 Å². The van der Waals surface area contributed by atoms with Crippen LogP contribution in [-0.2, 0) is 12.2 Å². The number of thioether (sulfide) groups is 1. The maximum absolute atomic E-state index is 13.4. The number of aryl methyl sites for hydroxylation is 2. The summed E-state index contributed by atoms with van der Waals surface area (Å²) >= 11 is 7.77. The van der Waals surface area contributed by atoms with Crippen LogP contribution in [0.15, 0.2) is 102 Å². The van der Waals surface area contributed by atoms with E-state index in [1.165, 1.54) is 23.9 Å². The van der Waals surface area contributed by atoms with Gasteiger partial charge in [-0.1, -0.05) is 89.6 Å². The largest absolute Gasteiger partial charge is 0.327 e. The second-order valence-electron chi connectivity index (χ2n) is 9.73. The normalized spacial score (nSPS) is 11.7. The van der Waals surface area contributed by atoms with Crippen molar-refractivity contribution in [2.75, 3.05) is 5.32 Å². The average molecular weight is 586 g/mol. The zero-order chi connectivity index (χ0) is 28.8. The average Bonchev–Trinajstić information content (AvgIpc) is 3.39. The maximum Gasteiger partial charge on any atom is 0.319 e. The molecule has 2 N–H and O–H groups in total. The molecule has 2 amide bonds. The van der Waals surface area contributed by atoms with Crippen LogP contribution < -0.4 is 10.6 Å². The van der Waals surface area contributed by atoms with Gasteiger partial charge in [-0.05, 0) is 66.9 Å². The summed E-state index contributed by atoms with van der Waals surface area (Å²) in [5.41, 5.74) is 5.52. The Morgan fingerprint density at radius 1 is 0.927 bits per heavy atom. The number of hydrogen-bond donors (Lipinski definition) is 2. The fourth-order valence-electron chi connectivity index (χ4n) is 4.32. The van der Waals surface area contributed by atoms with Crippen molar-refractivity contribution in [3.8, 4) is 5.69 Å². The molecule has 1 heterocycles. The molecule has 9 heteroatoms. The monoisotopic (exact) mass is 585 g/mol. The number of nitrogens with zero attached hydrogens (tertiary/aromatic N) is 3. The van der Waals surface area contributed by atoms with Crippen molar-refractivity contribution in [1.82, 2.24) is 20.1 Å². The quantitative estimate of drug-likeness (QED) is 0.172. The number of halogens is 2. The fraction of sp³-hybridized carbons (Fsp3) is 0.156. The van der Waals surface area contributed by atoms with Gasteiger partial charge >= 0.3 is 6.03 Å². The first kappa shape index (κ1) is 28.4. The molecule has 5 aromatic rings. The molecule has 0 aliphatic carbocycles. The molecule has 0 bridgehead atoms. The van der Waals surface area contributed by atoms with Crippen LogP contribution in [0, 0.1) is 19.7 Å². The van der Waals surface area contributed by atoms with Crippen LogP contribution >= 0.6 is 23.4 Å². The standard InChI is InChI=1S/C32H29ClFN5OS/c1-21-8-16-27(17-9-21)39-30(37-38-32(39)41-20-24-11-13-25(34)14-12-24)29(18-23-6-4-3-5-7-23)36-31(40)35-26-15-10-22(2)28(33)19-26/h3-17,19,29H,18,20H2,1-2H3,(H2,35,36,40)/t29-/m1/s1. The zero-order valence-electron chi connectivity index (χ0n) is 22.6. The number of benzene rings is 4. The van der Waals surface area contributed by atoms with Gasteiger partial charge in [0.05, 0.1) is 6.04 Å². The minimum absolute atomic E-state index is 0.273. The van der Waals surface area contributed by atoms with Crippen molar-refractivity contribution in [3.63, 3.8) is 0 Å². The van der Waals surface area contributed by atoms with Gasteiger partial charge in [-0.25, -0.2) is 9.18 Å². The second-order valence-corrected chi connectivity index (χ2v) is 11.1. The molecule has 5 rings (SSSR count). The third kappa shape index (κ3) is 7.34. The summed E-state index contributed by atoms with van der Waals surface area (Å²) in [5.74, 6) is 0.900. The summed E-state index contributed by atoms with van der Waals surface area (Å²) in [6.45, 7) is 3.94. The second kappa shape index (κ2) is 13.0. The molecule has 1 atom stereocenters. The van der Waals surface area contributed by atoms with Crippen LogP contribution in [0.3, 0.4) is 0 Å². The zero-order valence-corrected chi connectivity index (χ0v) is 24.2. The number of aromatic nitrogens is 3. The van der Waals surface area contributed by atoms with E-state index in [1.807, 2.05) is 85.1 Å². The van der Waals surface area contributed by atoms with E-state index in [1.54, 1.807) is 18.2 Å². The molecule has 0 fully saturated rings. The maximum atomic E-state index is 13.4. The number of carbonyl (C=O) groups excluding carboxylic acids is 1. The third-order valence-corrected chi connectivity index (χ3v) is 7.97. The molecule has 0 radical (unpaired) electrons. The molecule has 1 aromatic heterocycles. The van der Waals surface area contributed by atoms with Gasteiger partial charge in [-0.3, -0.25) is 4.57 Å². The molecule has 0 aliphatic rings. The van der Waals surface area contributed by atoms with Gasteiger partial charge in [-0.15, -0.1) is 10.2 Å².